The molecule has 4 nitrogen and oxygen atoms in total. The lowest BCUT2D eigenvalue weighted by Crippen LogP contribution is -1.98. The fraction of sp³-hybridized carbons (Fsp3) is 0.200. The lowest BCUT2D eigenvalue weighted by atomic mass is 10.1. The van der Waals surface area contributed by atoms with Crippen LogP contribution in [0.4, 0.5) is 17.1 Å². The molecule has 0 saturated carbocycles. The highest BCUT2D eigenvalue weighted by Gasteiger charge is 2.06. The molecule has 0 saturated heterocycles. The van der Waals surface area contributed by atoms with Gasteiger partial charge in [0.15, 0.2) is 0 Å². The van der Waals surface area contributed by atoms with Gasteiger partial charge in [0, 0.05) is 17.4 Å². The van der Waals surface area contributed by atoms with Gasteiger partial charge in [-0.05, 0) is 42.8 Å². The molecule has 0 radical (unpaired) electrons. The first-order chi connectivity index (χ1) is 9.13. The monoisotopic (exact) mass is 258 g/mol. The second kappa shape index (κ2) is 5.52. The smallest absolute Gasteiger partial charge is 0.145 e. The van der Waals surface area contributed by atoms with Crippen molar-refractivity contribution in [1.82, 2.24) is 0 Å². The Morgan fingerprint density at radius 2 is 1.68 bits per heavy atom. The molecule has 2 aromatic carbocycles. The summed E-state index contributed by atoms with van der Waals surface area (Å²) in [6.07, 6.45) is 0. The fourth-order valence-electron chi connectivity index (χ4n) is 1.87. The van der Waals surface area contributed by atoms with Crippen molar-refractivity contribution in [3.05, 3.63) is 42.0 Å². The van der Waals surface area contributed by atoms with Crippen LogP contribution in [0.25, 0.3) is 0 Å². The highest BCUT2D eigenvalue weighted by Crippen LogP contribution is 2.32. The molecule has 0 aromatic heterocycles. The fourth-order valence-corrected chi connectivity index (χ4v) is 1.87. The lowest BCUT2D eigenvalue weighted by Gasteiger charge is -2.14. The van der Waals surface area contributed by atoms with Crippen molar-refractivity contribution in [2.45, 2.75) is 6.92 Å². The Balaban J connectivity index is 2.32. The molecule has 0 fully saturated rings. The largest absolute Gasteiger partial charge is 0.497 e. The Hall–Kier alpha value is -2.36. The number of anilines is 3. The van der Waals surface area contributed by atoms with Crippen LogP contribution in [0.15, 0.2) is 36.4 Å². The number of benzene rings is 2. The van der Waals surface area contributed by atoms with Crippen LogP contribution < -0.4 is 20.5 Å². The third-order valence-electron chi connectivity index (χ3n) is 2.93. The molecule has 0 bridgehead atoms. The summed E-state index contributed by atoms with van der Waals surface area (Å²) in [5, 5.41) is 3.33. The number of hydrogen-bond acceptors (Lipinski definition) is 4. The van der Waals surface area contributed by atoms with Gasteiger partial charge in [-0.1, -0.05) is 0 Å². The van der Waals surface area contributed by atoms with Gasteiger partial charge in [-0.3, -0.25) is 0 Å². The Bertz CT molecular complexity index is 582. The SMILES string of the molecule is COc1ccc(Nc2ccc(N)cc2C)c(OC)c1. The summed E-state index contributed by atoms with van der Waals surface area (Å²) in [5.74, 6) is 1.49. The maximum absolute atomic E-state index is 5.75. The molecule has 0 unspecified atom stereocenters. The first-order valence-corrected chi connectivity index (χ1v) is 5.99. The Kier molecular flexibility index (Phi) is 3.80. The van der Waals surface area contributed by atoms with Gasteiger partial charge in [0.1, 0.15) is 11.5 Å². The van der Waals surface area contributed by atoms with Gasteiger partial charge >= 0.3 is 0 Å². The van der Waals surface area contributed by atoms with Crippen molar-refractivity contribution in [3.63, 3.8) is 0 Å². The van der Waals surface area contributed by atoms with Gasteiger partial charge in [0.25, 0.3) is 0 Å². The van der Waals surface area contributed by atoms with Crippen molar-refractivity contribution in [2.24, 2.45) is 0 Å². The van der Waals surface area contributed by atoms with Crippen molar-refractivity contribution >= 4 is 17.1 Å². The summed E-state index contributed by atoms with van der Waals surface area (Å²) in [6, 6.07) is 11.4. The van der Waals surface area contributed by atoms with Crippen LogP contribution in [0.5, 0.6) is 11.5 Å². The predicted molar refractivity (Wildman–Crippen MR) is 78.4 cm³/mol. The van der Waals surface area contributed by atoms with E-state index in [9.17, 15) is 0 Å². The molecule has 3 N–H and O–H groups in total. The molecule has 0 atom stereocenters. The molecule has 0 spiro atoms. The molecule has 2 aromatic rings. The summed E-state index contributed by atoms with van der Waals surface area (Å²) in [6.45, 7) is 2.01. The zero-order valence-electron chi connectivity index (χ0n) is 11.4. The maximum atomic E-state index is 5.75. The molecule has 0 aliphatic carbocycles. The van der Waals surface area contributed by atoms with E-state index >= 15 is 0 Å². The van der Waals surface area contributed by atoms with Crippen molar-refractivity contribution in [1.29, 1.82) is 0 Å². The topological polar surface area (TPSA) is 56.5 Å². The minimum Gasteiger partial charge on any atom is -0.497 e. The van der Waals surface area contributed by atoms with Crippen LogP contribution in [0.1, 0.15) is 5.56 Å². The third-order valence-corrected chi connectivity index (χ3v) is 2.93. The lowest BCUT2D eigenvalue weighted by molar-refractivity contribution is 0.395. The van der Waals surface area contributed by atoms with E-state index in [0.717, 1.165) is 34.1 Å². The standard InChI is InChI=1S/C15H18N2O2/c1-10-8-11(16)4-6-13(10)17-14-7-5-12(18-2)9-15(14)19-3/h4-9,17H,16H2,1-3H3. The summed E-state index contributed by atoms with van der Waals surface area (Å²) in [4.78, 5) is 0. The molecular weight excluding hydrogens is 240 g/mol. The summed E-state index contributed by atoms with van der Waals surface area (Å²) < 4.78 is 10.5. The zero-order valence-corrected chi connectivity index (χ0v) is 11.4. The minimum absolute atomic E-state index is 0.732. The minimum atomic E-state index is 0.732. The number of nitrogen functional groups attached to an aromatic ring is 1. The highest BCUT2D eigenvalue weighted by molar-refractivity contribution is 5.70. The van der Waals surface area contributed by atoms with E-state index < -0.39 is 0 Å². The van der Waals surface area contributed by atoms with Crippen LogP contribution in [0.3, 0.4) is 0 Å². The first kappa shape index (κ1) is 13.1. The van der Waals surface area contributed by atoms with Crippen molar-refractivity contribution in [3.8, 4) is 11.5 Å². The van der Waals surface area contributed by atoms with Gasteiger partial charge in [-0.25, -0.2) is 0 Å². The summed E-state index contributed by atoms with van der Waals surface area (Å²) in [7, 11) is 3.27. The molecule has 0 aliphatic rings. The van der Waals surface area contributed by atoms with E-state index in [1.165, 1.54) is 0 Å². The van der Waals surface area contributed by atoms with Crippen molar-refractivity contribution in [2.75, 3.05) is 25.3 Å². The predicted octanol–water partition coefficient (Wildman–Crippen LogP) is 3.34. The van der Waals surface area contributed by atoms with Gasteiger partial charge in [-0.2, -0.15) is 0 Å². The van der Waals surface area contributed by atoms with Gasteiger partial charge in [-0.15, -0.1) is 0 Å². The molecule has 4 heteroatoms. The van der Waals surface area contributed by atoms with E-state index in [4.69, 9.17) is 15.2 Å². The molecule has 19 heavy (non-hydrogen) atoms. The third kappa shape index (κ3) is 2.91. The average Bonchev–Trinajstić information content (AvgIpc) is 2.42. The molecular formula is C15H18N2O2. The molecule has 0 heterocycles. The second-order valence-electron chi connectivity index (χ2n) is 4.27. The number of nitrogens with one attached hydrogen (secondary N) is 1. The van der Waals surface area contributed by atoms with E-state index in [0.29, 0.717) is 0 Å². The zero-order chi connectivity index (χ0) is 13.8. The van der Waals surface area contributed by atoms with E-state index in [2.05, 4.69) is 5.32 Å². The number of ether oxygens (including phenoxy) is 2. The number of aryl methyl sites for hydroxylation is 1. The maximum Gasteiger partial charge on any atom is 0.145 e. The van der Waals surface area contributed by atoms with E-state index in [1.807, 2.05) is 43.3 Å². The molecule has 2 rings (SSSR count). The van der Waals surface area contributed by atoms with Gasteiger partial charge in [0.05, 0.1) is 19.9 Å². The highest BCUT2D eigenvalue weighted by atomic mass is 16.5. The second-order valence-corrected chi connectivity index (χ2v) is 4.27. The van der Waals surface area contributed by atoms with E-state index in [1.54, 1.807) is 14.2 Å². The average molecular weight is 258 g/mol. The van der Waals surface area contributed by atoms with Gasteiger partial charge < -0.3 is 20.5 Å². The molecule has 0 amide bonds. The number of methoxy groups -OCH3 is 2. The first-order valence-electron chi connectivity index (χ1n) is 5.99. The van der Waals surface area contributed by atoms with Crippen LogP contribution in [0, 0.1) is 6.92 Å². The number of rotatable bonds is 4. The summed E-state index contributed by atoms with van der Waals surface area (Å²) in [5.41, 5.74) is 9.46. The Labute approximate surface area is 113 Å². The number of hydrogen-bond donors (Lipinski definition) is 2. The van der Waals surface area contributed by atoms with Gasteiger partial charge in [0.2, 0.25) is 0 Å². The molecule has 100 valence electrons. The van der Waals surface area contributed by atoms with E-state index in [-0.39, 0.29) is 0 Å². The van der Waals surface area contributed by atoms with Crippen LogP contribution >= 0.6 is 0 Å². The quantitative estimate of drug-likeness (QED) is 0.826. The number of nitrogens with two attached hydrogens (primary N) is 1. The molecule has 0 aliphatic heterocycles. The Morgan fingerprint density at radius 1 is 0.947 bits per heavy atom. The van der Waals surface area contributed by atoms with Crippen LogP contribution in [-0.2, 0) is 0 Å². The van der Waals surface area contributed by atoms with Crippen LogP contribution in [-0.4, -0.2) is 14.2 Å². The normalized spacial score (nSPS) is 10.1. The Morgan fingerprint density at radius 3 is 2.32 bits per heavy atom. The summed E-state index contributed by atoms with van der Waals surface area (Å²) >= 11 is 0. The van der Waals surface area contributed by atoms with Crippen molar-refractivity contribution < 1.29 is 9.47 Å². The van der Waals surface area contributed by atoms with Crippen LogP contribution in [0.2, 0.25) is 0 Å².